The first-order valence-electron chi connectivity index (χ1n) is 12.5. The van der Waals surface area contributed by atoms with Crippen LogP contribution in [-0.4, -0.2) is 41.8 Å². The van der Waals surface area contributed by atoms with E-state index in [4.69, 9.17) is 4.74 Å². The van der Waals surface area contributed by atoms with Crippen LogP contribution in [0.5, 0.6) is 0 Å². The number of carboxylic acids is 1. The number of rotatable bonds is 8. The van der Waals surface area contributed by atoms with E-state index in [2.05, 4.69) is 34.9 Å². The number of carboxylic acid groups (broad SMARTS) is 1. The molecule has 7 nitrogen and oxygen atoms in total. The highest BCUT2D eigenvalue weighted by atomic mass is 16.5. The fourth-order valence-electron chi connectivity index (χ4n) is 5.34. The average Bonchev–Trinajstić information content (AvgIpc) is 3.19. The molecule has 0 unspecified atom stereocenters. The fraction of sp³-hybridized carbons (Fsp3) is 0.464. The Hall–Kier alpha value is -3.35. The molecular formula is C28H34N2O5. The minimum atomic E-state index is -0.889. The highest BCUT2D eigenvalue weighted by Gasteiger charge is 2.35. The summed E-state index contributed by atoms with van der Waals surface area (Å²) in [6.07, 6.45) is 2.92. The second kappa shape index (κ2) is 10.9. The summed E-state index contributed by atoms with van der Waals surface area (Å²) < 4.78 is 5.64. The Bertz CT molecular complexity index is 1040. The summed E-state index contributed by atoms with van der Waals surface area (Å²) in [5.74, 6) is -2.05. The number of hydrogen-bond donors (Lipinski definition) is 3. The molecule has 0 bridgehead atoms. The number of ether oxygens (including phenoxy) is 1. The van der Waals surface area contributed by atoms with E-state index in [1.54, 1.807) is 0 Å². The number of benzene rings is 2. The SMILES string of the molecule is CC[C@H](C)[C@H](NC(=O)OCC1c2ccccc2-c2ccccc21)C(=O)N[C@H]1CCCC[C@H]1C(=O)O. The largest absolute Gasteiger partial charge is 0.481 e. The van der Waals surface area contributed by atoms with Gasteiger partial charge in [-0.3, -0.25) is 9.59 Å². The third-order valence-corrected chi connectivity index (χ3v) is 7.52. The number of carbonyl (C=O) groups excluding carboxylic acids is 2. The van der Waals surface area contributed by atoms with E-state index in [1.165, 1.54) is 0 Å². The first kappa shape index (κ1) is 24.8. The zero-order chi connectivity index (χ0) is 24.9. The molecule has 35 heavy (non-hydrogen) atoms. The number of nitrogens with one attached hydrogen (secondary N) is 2. The molecule has 0 heterocycles. The van der Waals surface area contributed by atoms with Crippen LogP contribution in [0.15, 0.2) is 48.5 Å². The summed E-state index contributed by atoms with van der Waals surface area (Å²) in [5, 5.41) is 15.2. The molecule has 1 fully saturated rings. The summed E-state index contributed by atoms with van der Waals surface area (Å²) in [7, 11) is 0. The highest BCUT2D eigenvalue weighted by Crippen LogP contribution is 2.44. The lowest BCUT2D eigenvalue weighted by molar-refractivity contribution is -0.144. The lowest BCUT2D eigenvalue weighted by Gasteiger charge is -2.32. The van der Waals surface area contributed by atoms with Crippen LogP contribution in [0.4, 0.5) is 4.79 Å². The number of amides is 2. The molecule has 0 aromatic heterocycles. The van der Waals surface area contributed by atoms with Crippen molar-refractivity contribution < 1.29 is 24.2 Å². The molecule has 2 aromatic rings. The molecule has 2 amide bonds. The van der Waals surface area contributed by atoms with Crippen molar-refractivity contribution in [2.75, 3.05) is 6.61 Å². The molecule has 7 heteroatoms. The predicted molar refractivity (Wildman–Crippen MR) is 133 cm³/mol. The third-order valence-electron chi connectivity index (χ3n) is 7.52. The van der Waals surface area contributed by atoms with Crippen molar-refractivity contribution in [3.05, 3.63) is 59.7 Å². The zero-order valence-electron chi connectivity index (χ0n) is 20.3. The van der Waals surface area contributed by atoms with E-state index >= 15 is 0 Å². The van der Waals surface area contributed by atoms with Crippen molar-refractivity contribution in [2.24, 2.45) is 11.8 Å². The van der Waals surface area contributed by atoms with Crippen molar-refractivity contribution in [1.82, 2.24) is 10.6 Å². The first-order valence-corrected chi connectivity index (χ1v) is 12.5. The minimum absolute atomic E-state index is 0.0670. The van der Waals surface area contributed by atoms with Gasteiger partial charge in [0.1, 0.15) is 12.6 Å². The molecule has 4 atom stereocenters. The van der Waals surface area contributed by atoms with Gasteiger partial charge < -0.3 is 20.5 Å². The van der Waals surface area contributed by atoms with E-state index in [1.807, 2.05) is 38.1 Å². The van der Waals surface area contributed by atoms with Crippen molar-refractivity contribution in [2.45, 2.75) is 64.0 Å². The number of hydrogen-bond acceptors (Lipinski definition) is 4. The van der Waals surface area contributed by atoms with Crippen LogP contribution in [0, 0.1) is 11.8 Å². The molecule has 0 spiro atoms. The summed E-state index contributed by atoms with van der Waals surface area (Å²) in [6.45, 7) is 4.01. The Balaban J connectivity index is 1.41. The Morgan fingerprint density at radius 2 is 1.60 bits per heavy atom. The topological polar surface area (TPSA) is 105 Å². The summed E-state index contributed by atoms with van der Waals surface area (Å²) in [6, 6.07) is 15.0. The van der Waals surface area contributed by atoms with Crippen LogP contribution >= 0.6 is 0 Å². The fourth-order valence-corrected chi connectivity index (χ4v) is 5.34. The second-order valence-corrected chi connectivity index (χ2v) is 9.68. The van der Waals surface area contributed by atoms with Gasteiger partial charge in [-0.2, -0.15) is 0 Å². The molecule has 0 radical (unpaired) electrons. The van der Waals surface area contributed by atoms with E-state index in [0.29, 0.717) is 19.3 Å². The van der Waals surface area contributed by atoms with Crippen molar-refractivity contribution >= 4 is 18.0 Å². The van der Waals surface area contributed by atoms with E-state index in [0.717, 1.165) is 35.1 Å². The zero-order valence-corrected chi connectivity index (χ0v) is 20.3. The molecule has 2 aliphatic carbocycles. The van der Waals surface area contributed by atoms with Gasteiger partial charge >= 0.3 is 12.1 Å². The van der Waals surface area contributed by atoms with Gasteiger partial charge in [0.25, 0.3) is 0 Å². The number of carbonyl (C=O) groups is 3. The summed E-state index contributed by atoms with van der Waals surface area (Å²) >= 11 is 0. The van der Waals surface area contributed by atoms with E-state index < -0.39 is 30.1 Å². The molecule has 2 aliphatic rings. The van der Waals surface area contributed by atoms with Gasteiger partial charge in [0.05, 0.1) is 5.92 Å². The Kier molecular flexibility index (Phi) is 7.73. The Morgan fingerprint density at radius 3 is 2.20 bits per heavy atom. The lowest BCUT2D eigenvalue weighted by atomic mass is 9.84. The van der Waals surface area contributed by atoms with Crippen LogP contribution in [0.2, 0.25) is 0 Å². The van der Waals surface area contributed by atoms with Gasteiger partial charge in [-0.1, -0.05) is 81.6 Å². The standard InChI is InChI=1S/C28H34N2O5/c1-3-17(2)25(26(31)29-24-15-9-8-14-22(24)27(32)33)30-28(34)35-16-23-20-12-6-4-10-18(20)19-11-5-7-13-21(19)23/h4-7,10-13,17,22-25H,3,8-9,14-16H2,1-2H3,(H,29,31)(H,30,34)(H,32,33)/t17-,22+,24-,25-/m0/s1. The molecule has 1 saturated carbocycles. The van der Waals surface area contributed by atoms with E-state index in [-0.39, 0.29) is 24.3 Å². The lowest BCUT2D eigenvalue weighted by Crippen LogP contribution is -2.55. The van der Waals surface area contributed by atoms with Crippen molar-refractivity contribution in [1.29, 1.82) is 0 Å². The quantitative estimate of drug-likeness (QED) is 0.510. The van der Waals surface area contributed by atoms with E-state index in [9.17, 15) is 19.5 Å². The van der Waals surface area contributed by atoms with Crippen molar-refractivity contribution in [3.8, 4) is 11.1 Å². The number of alkyl carbamates (subject to hydrolysis) is 1. The molecule has 0 saturated heterocycles. The number of aliphatic carboxylic acids is 1. The van der Waals surface area contributed by atoms with Crippen molar-refractivity contribution in [3.63, 3.8) is 0 Å². The summed E-state index contributed by atoms with van der Waals surface area (Å²) in [5.41, 5.74) is 4.54. The molecular weight excluding hydrogens is 444 g/mol. The molecule has 2 aromatic carbocycles. The van der Waals surface area contributed by atoms with Gasteiger partial charge in [-0.25, -0.2) is 4.79 Å². The molecule has 186 valence electrons. The maximum atomic E-state index is 13.1. The smallest absolute Gasteiger partial charge is 0.407 e. The van der Waals surface area contributed by atoms with Gasteiger partial charge in [0, 0.05) is 12.0 Å². The van der Waals surface area contributed by atoms with Crippen LogP contribution in [0.3, 0.4) is 0 Å². The van der Waals surface area contributed by atoms with Crippen LogP contribution in [0.25, 0.3) is 11.1 Å². The minimum Gasteiger partial charge on any atom is -0.481 e. The first-order chi connectivity index (χ1) is 16.9. The predicted octanol–water partition coefficient (Wildman–Crippen LogP) is 4.70. The summed E-state index contributed by atoms with van der Waals surface area (Å²) in [4.78, 5) is 37.6. The Labute approximate surface area is 206 Å². The molecule has 0 aliphatic heterocycles. The second-order valence-electron chi connectivity index (χ2n) is 9.68. The maximum Gasteiger partial charge on any atom is 0.407 e. The third kappa shape index (κ3) is 5.34. The monoisotopic (exact) mass is 478 g/mol. The molecule has 4 rings (SSSR count). The van der Waals surface area contributed by atoms with Crippen LogP contribution in [-0.2, 0) is 14.3 Å². The number of fused-ring (bicyclic) bond motifs is 3. The molecule has 3 N–H and O–H groups in total. The average molecular weight is 479 g/mol. The van der Waals surface area contributed by atoms with Gasteiger partial charge in [-0.15, -0.1) is 0 Å². The van der Waals surface area contributed by atoms with Gasteiger partial charge in [0.15, 0.2) is 0 Å². The highest BCUT2D eigenvalue weighted by molar-refractivity contribution is 5.87. The van der Waals surface area contributed by atoms with Crippen LogP contribution < -0.4 is 10.6 Å². The maximum absolute atomic E-state index is 13.1. The van der Waals surface area contributed by atoms with Gasteiger partial charge in [0.2, 0.25) is 5.91 Å². The Morgan fingerprint density at radius 1 is 1.00 bits per heavy atom. The van der Waals surface area contributed by atoms with Crippen LogP contribution in [0.1, 0.15) is 63.0 Å². The van der Waals surface area contributed by atoms with Gasteiger partial charge in [-0.05, 0) is 41.0 Å². The normalized spacial score (nSPS) is 20.7.